The molecule has 0 atom stereocenters. The van der Waals surface area contributed by atoms with Crippen LogP contribution in [-0.2, 0) is 12.8 Å². The van der Waals surface area contributed by atoms with E-state index < -0.39 is 0 Å². The normalized spacial score (nSPS) is 10.4. The molecule has 2 rings (SSSR count). The van der Waals surface area contributed by atoms with Gasteiger partial charge in [-0.05, 0) is 37.5 Å². The molecule has 0 saturated heterocycles. The van der Waals surface area contributed by atoms with E-state index in [-0.39, 0.29) is 5.82 Å². The first-order valence-electron chi connectivity index (χ1n) is 7.30. The molecule has 0 radical (unpaired) electrons. The average Bonchev–Trinajstić information content (AvgIpc) is 2.48. The summed E-state index contributed by atoms with van der Waals surface area (Å²) < 4.78 is 13.1. The number of anilines is 2. The van der Waals surface area contributed by atoms with Crippen LogP contribution < -0.4 is 10.6 Å². The van der Waals surface area contributed by atoms with Crippen molar-refractivity contribution >= 4 is 11.6 Å². The number of aromatic nitrogens is 2. The lowest BCUT2D eigenvalue weighted by atomic mass is 10.1. The molecule has 5 heteroatoms. The van der Waals surface area contributed by atoms with Gasteiger partial charge in [-0.15, -0.1) is 0 Å². The highest BCUT2D eigenvalue weighted by molar-refractivity contribution is 5.57. The lowest BCUT2D eigenvalue weighted by Gasteiger charge is -2.13. The second-order valence-corrected chi connectivity index (χ2v) is 4.74. The molecule has 0 spiro atoms. The van der Waals surface area contributed by atoms with Crippen LogP contribution in [0.3, 0.4) is 0 Å². The molecule has 112 valence electrons. The highest BCUT2D eigenvalue weighted by atomic mass is 19.1. The van der Waals surface area contributed by atoms with Gasteiger partial charge in [0.25, 0.3) is 0 Å². The van der Waals surface area contributed by atoms with Gasteiger partial charge in [0.2, 0.25) is 0 Å². The van der Waals surface area contributed by atoms with E-state index >= 15 is 0 Å². The van der Waals surface area contributed by atoms with Crippen LogP contribution in [0, 0.1) is 5.82 Å². The van der Waals surface area contributed by atoms with Crippen molar-refractivity contribution < 1.29 is 4.39 Å². The maximum atomic E-state index is 13.1. The average molecular weight is 288 g/mol. The van der Waals surface area contributed by atoms with E-state index in [4.69, 9.17) is 0 Å². The van der Waals surface area contributed by atoms with Crippen LogP contribution in [0.5, 0.6) is 0 Å². The Labute approximate surface area is 124 Å². The summed E-state index contributed by atoms with van der Waals surface area (Å²) in [5.74, 6) is 1.53. The Hall–Kier alpha value is -2.17. The van der Waals surface area contributed by atoms with Crippen molar-refractivity contribution in [1.82, 2.24) is 9.97 Å². The first-order chi connectivity index (χ1) is 10.2. The van der Waals surface area contributed by atoms with Crippen molar-refractivity contribution in [3.05, 3.63) is 47.5 Å². The third-order valence-electron chi connectivity index (χ3n) is 3.24. The number of halogens is 1. The second-order valence-electron chi connectivity index (χ2n) is 4.74. The molecule has 1 aromatic heterocycles. The molecule has 1 heterocycles. The van der Waals surface area contributed by atoms with Crippen molar-refractivity contribution in [1.29, 1.82) is 0 Å². The molecule has 1 aromatic carbocycles. The van der Waals surface area contributed by atoms with Gasteiger partial charge in [0.15, 0.2) is 0 Å². The number of hydrogen-bond donors (Lipinski definition) is 2. The largest absolute Gasteiger partial charge is 0.370 e. The fourth-order valence-corrected chi connectivity index (χ4v) is 2.24. The molecule has 0 aliphatic heterocycles. The molecule has 0 aliphatic carbocycles. The summed E-state index contributed by atoms with van der Waals surface area (Å²) in [5, 5.41) is 6.56. The standard InChI is InChI=1S/C16H21FN4/c1-3-14-15(18-4-2)20-11-21-16(14)19-9-8-12-6-5-7-13(17)10-12/h5-7,10-11H,3-4,8-9H2,1-2H3,(H2,18,19,20,21). The molecule has 0 saturated carbocycles. The summed E-state index contributed by atoms with van der Waals surface area (Å²) in [6.07, 6.45) is 3.16. The third-order valence-corrected chi connectivity index (χ3v) is 3.24. The Kier molecular flexibility index (Phi) is 5.49. The summed E-state index contributed by atoms with van der Waals surface area (Å²) >= 11 is 0. The fraction of sp³-hybridized carbons (Fsp3) is 0.375. The van der Waals surface area contributed by atoms with Crippen LogP contribution in [0.1, 0.15) is 25.0 Å². The molecule has 2 N–H and O–H groups in total. The van der Waals surface area contributed by atoms with Gasteiger partial charge >= 0.3 is 0 Å². The van der Waals surface area contributed by atoms with Gasteiger partial charge in [-0.1, -0.05) is 19.1 Å². The highest BCUT2D eigenvalue weighted by Gasteiger charge is 2.08. The first kappa shape index (κ1) is 15.2. The van der Waals surface area contributed by atoms with Crippen molar-refractivity contribution in [3.63, 3.8) is 0 Å². The van der Waals surface area contributed by atoms with Gasteiger partial charge in [0.05, 0.1) is 0 Å². The second kappa shape index (κ2) is 7.57. The summed E-state index contributed by atoms with van der Waals surface area (Å²) in [4.78, 5) is 8.57. The minimum absolute atomic E-state index is 0.196. The molecular weight excluding hydrogens is 267 g/mol. The van der Waals surface area contributed by atoms with Gasteiger partial charge in [-0.3, -0.25) is 0 Å². The molecule has 0 fully saturated rings. The Balaban J connectivity index is 2.01. The fourth-order valence-electron chi connectivity index (χ4n) is 2.24. The van der Waals surface area contributed by atoms with Crippen LogP contribution in [0.2, 0.25) is 0 Å². The third kappa shape index (κ3) is 4.15. The van der Waals surface area contributed by atoms with E-state index in [1.807, 2.05) is 13.0 Å². The Morgan fingerprint density at radius 3 is 2.52 bits per heavy atom. The van der Waals surface area contributed by atoms with E-state index in [1.165, 1.54) is 6.07 Å². The predicted molar refractivity (Wildman–Crippen MR) is 84.2 cm³/mol. The zero-order valence-electron chi connectivity index (χ0n) is 12.5. The molecule has 0 amide bonds. The summed E-state index contributed by atoms with van der Waals surface area (Å²) in [6, 6.07) is 6.68. The van der Waals surface area contributed by atoms with E-state index in [0.29, 0.717) is 6.54 Å². The van der Waals surface area contributed by atoms with Crippen LogP contribution in [-0.4, -0.2) is 23.1 Å². The number of rotatable bonds is 7. The maximum Gasteiger partial charge on any atom is 0.134 e. The molecular formula is C16H21FN4. The number of benzene rings is 1. The number of nitrogens with zero attached hydrogens (tertiary/aromatic N) is 2. The molecule has 4 nitrogen and oxygen atoms in total. The van der Waals surface area contributed by atoms with Gasteiger partial charge < -0.3 is 10.6 Å². The zero-order chi connectivity index (χ0) is 15.1. The smallest absolute Gasteiger partial charge is 0.134 e. The Bertz CT molecular complexity index is 586. The van der Waals surface area contributed by atoms with Gasteiger partial charge in [0, 0.05) is 18.7 Å². The maximum absolute atomic E-state index is 13.1. The number of hydrogen-bond acceptors (Lipinski definition) is 4. The monoisotopic (exact) mass is 288 g/mol. The van der Waals surface area contributed by atoms with Crippen LogP contribution in [0.15, 0.2) is 30.6 Å². The van der Waals surface area contributed by atoms with Crippen molar-refractivity contribution in [2.24, 2.45) is 0 Å². The van der Waals surface area contributed by atoms with Crippen molar-refractivity contribution in [2.45, 2.75) is 26.7 Å². The lowest BCUT2D eigenvalue weighted by molar-refractivity contribution is 0.625. The van der Waals surface area contributed by atoms with Crippen molar-refractivity contribution in [3.8, 4) is 0 Å². The number of nitrogens with one attached hydrogen (secondary N) is 2. The lowest BCUT2D eigenvalue weighted by Crippen LogP contribution is -2.12. The molecule has 0 bridgehead atoms. The van der Waals surface area contributed by atoms with Crippen LogP contribution in [0.4, 0.5) is 16.0 Å². The Morgan fingerprint density at radius 2 is 1.86 bits per heavy atom. The first-order valence-corrected chi connectivity index (χ1v) is 7.30. The summed E-state index contributed by atoms with van der Waals surface area (Å²) in [5.41, 5.74) is 2.06. The minimum atomic E-state index is -0.196. The molecule has 21 heavy (non-hydrogen) atoms. The highest BCUT2D eigenvalue weighted by Crippen LogP contribution is 2.20. The van der Waals surface area contributed by atoms with E-state index in [9.17, 15) is 4.39 Å². The summed E-state index contributed by atoms with van der Waals surface area (Å²) in [7, 11) is 0. The predicted octanol–water partition coefficient (Wildman–Crippen LogP) is 3.26. The minimum Gasteiger partial charge on any atom is -0.370 e. The zero-order valence-corrected chi connectivity index (χ0v) is 12.5. The van der Waals surface area contributed by atoms with E-state index in [0.717, 1.165) is 42.1 Å². The summed E-state index contributed by atoms with van der Waals surface area (Å²) in [6.45, 7) is 5.65. The SMILES string of the molecule is CCNc1ncnc(NCCc2cccc(F)c2)c1CC. The van der Waals surface area contributed by atoms with Crippen molar-refractivity contribution in [2.75, 3.05) is 23.7 Å². The van der Waals surface area contributed by atoms with E-state index in [1.54, 1.807) is 18.5 Å². The molecule has 2 aromatic rings. The quantitative estimate of drug-likeness (QED) is 0.821. The van der Waals surface area contributed by atoms with Gasteiger partial charge in [0.1, 0.15) is 23.8 Å². The van der Waals surface area contributed by atoms with Crippen LogP contribution in [0.25, 0.3) is 0 Å². The van der Waals surface area contributed by atoms with Crippen LogP contribution >= 0.6 is 0 Å². The van der Waals surface area contributed by atoms with Gasteiger partial charge in [-0.25, -0.2) is 14.4 Å². The van der Waals surface area contributed by atoms with Gasteiger partial charge in [-0.2, -0.15) is 0 Å². The Morgan fingerprint density at radius 1 is 1.10 bits per heavy atom. The topological polar surface area (TPSA) is 49.8 Å². The molecule has 0 aliphatic rings. The molecule has 0 unspecified atom stereocenters. The van der Waals surface area contributed by atoms with E-state index in [2.05, 4.69) is 27.5 Å².